The first kappa shape index (κ1) is 18.4. The summed E-state index contributed by atoms with van der Waals surface area (Å²) in [4.78, 5) is 0. The van der Waals surface area contributed by atoms with E-state index in [1.807, 2.05) is 0 Å². The molecule has 0 radical (unpaired) electrons. The molecule has 0 aliphatic heterocycles. The zero-order valence-electron chi connectivity index (χ0n) is 14.4. The Hall–Kier alpha value is -0.693. The second kappa shape index (κ2) is 8.68. The van der Waals surface area contributed by atoms with E-state index in [1.54, 1.807) is 21.3 Å². The Morgan fingerprint density at radius 2 is 1.71 bits per heavy atom. The molecule has 122 valence electrons. The molecule has 1 heterocycles. The van der Waals surface area contributed by atoms with Gasteiger partial charge in [0.25, 0.3) is 0 Å². The SMILES string of the molecule is CCCCn1c(C)cc(C)[n+]1CCC[Si](OC)(OC)OC. The number of hydrogen-bond acceptors (Lipinski definition) is 3. The van der Waals surface area contributed by atoms with Crippen LogP contribution in [-0.4, -0.2) is 34.8 Å². The Bertz CT molecular complexity index is 423. The lowest BCUT2D eigenvalue weighted by atomic mass is 10.3. The van der Waals surface area contributed by atoms with Crippen LogP contribution in [0.25, 0.3) is 0 Å². The molecule has 0 aliphatic rings. The van der Waals surface area contributed by atoms with Crippen LogP contribution >= 0.6 is 0 Å². The zero-order chi connectivity index (χ0) is 15.9. The van der Waals surface area contributed by atoms with Crippen LogP contribution in [-0.2, 0) is 26.4 Å². The summed E-state index contributed by atoms with van der Waals surface area (Å²) in [6.45, 7) is 8.62. The van der Waals surface area contributed by atoms with Gasteiger partial charge in [-0.05, 0) is 13.3 Å². The molecule has 0 aliphatic carbocycles. The predicted octanol–water partition coefficient (Wildman–Crippen LogP) is 2.46. The maximum Gasteiger partial charge on any atom is 0.500 e. The maximum atomic E-state index is 5.48. The van der Waals surface area contributed by atoms with Crippen molar-refractivity contribution in [3.63, 3.8) is 0 Å². The second-order valence-corrected chi connectivity index (χ2v) is 8.52. The van der Waals surface area contributed by atoms with E-state index in [4.69, 9.17) is 13.3 Å². The molecule has 1 aromatic heterocycles. The smallest absolute Gasteiger partial charge is 0.377 e. The van der Waals surface area contributed by atoms with Crippen molar-refractivity contribution in [1.29, 1.82) is 0 Å². The highest BCUT2D eigenvalue weighted by molar-refractivity contribution is 6.60. The summed E-state index contributed by atoms with van der Waals surface area (Å²) < 4.78 is 21.2. The minimum absolute atomic E-state index is 0.834. The van der Waals surface area contributed by atoms with Crippen LogP contribution < -0.4 is 4.68 Å². The largest absolute Gasteiger partial charge is 0.500 e. The van der Waals surface area contributed by atoms with Gasteiger partial charge in [-0.1, -0.05) is 13.3 Å². The fourth-order valence-corrected chi connectivity index (χ4v) is 4.44. The number of aryl methyl sites for hydroxylation is 2. The van der Waals surface area contributed by atoms with Crippen LogP contribution in [0, 0.1) is 13.8 Å². The highest BCUT2D eigenvalue weighted by Crippen LogP contribution is 2.15. The van der Waals surface area contributed by atoms with Crippen molar-refractivity contribution in [1.82, 2.24) is 4.68 Å². The summed E-state index contributed by atoms with van der Waals surface area (Å²) in [5.41, 5.74) is 2.64. The number of rotatable bonds is 10. The Balaban J connectivity index is 2.70. The van der Waals surface area contributed by atoms with Crippen molar-refractivity contribution >= 4 is 8.80 Å². The van der Waals surface area contributed by atoms with E-state index in [1.165, 1.54) is 24.2 Å². The van der Waals surface area contributed by atoms with Crippen molar-refractivity contribution in [2.75, 3.05) is 21.3 Å². The summed E-state index contributed by atoms with van der Waals surface area (Å²) in [5.74, 6) is 0. The topological polar surface area (TPSA) is 36.5 Å². The van der Waals surface area contributed by atoms with Gasteiger partial charge in [0.2, 0.25) is 5.69 Å². The third kappa shape index (κ3) is 4.64. The number of unbranched alkanes of at least 4 members (excludes halogenated alkanes) is 1. The quantitative estimate of drug-likeness (QED) is 0.491. The van der Waals surface area contributed by atoms with E-state index >= 15 is 0 Å². The molecule has 1 aromatic rings. The van der Waals surface area contributed by atoms with E-state index in [-0.39, 0.29) is 0 Å². The van der Waals surface area contributed by atoms with Crippen LogP contribution in [0.3, 0.4) is 0 Å². The lowest BCUT2D eigenvalue weighted by Crippen LogP contribution is -2.48. The van der Waals surface area contributed by atoms with E-state index in [2.05, 4.69) is 36.2 Å². The second-order valence-electron chi connectivity index (χ2n) is 5.43. The van der Waals surface area contributed by atoms with Crippen molar-refractivity contribution in [3.05, 3.63) is 17.5 Å². The molecule has 0 unspecified atom stereocenters. The van der Waals surface area contributed by atoms with Gasteiger partial charge in [0.05, 0.1) is 12.2 Å². The fourth-order valence-electron chi connectivity index (χ4n) is 2.74. The molecule has 0 fully saturated rings. The molecule has 0 saturated carbocycles. The summed E-state index contributed by atoms with van der Waals surface area (Å²) in [6, 6.07) is 3.09. The first-order valence-corrected chi connectivity index (χ1v) is 9.69. The van der Waals surface area contributed by atoms with E-state index in [0.29, 0.717) is 0 Å². The molecule has 6 heteroatoms. The van der Waals surface area contributed by atoms with Crippen LogP contribution in [0.5, 0.6) is 0 Å². The van der Waals surface area contributed by atoms with Crippen molar-refractivity contribution in [2.24, 2.45) is 0 Å². The van der Waals surface area contributed by atoms with Gasteiger partial charge in [-0.15, -0.1) is 4.68 Å². The predicted molar refractivity (Wildman–Crippen MR) is 85.2 cm³/mol. The summed E-state index contributed by atoms with van der Waals surface area (Å²) in [6.07, 6.45) is 3.41. The summed E-state index contributed by atoms with van der Waals surface area (Å²) in [5, 5.41) is 0. The molecule has 0 aromatic carbocycles. The molecule has 0 amide bonds. The molecular weight excluding hydrogens is 284 g/mol. The molecule has 1 rings (SSSR count). The molecule has 0 spiro atoms. The van der Waals surface area contributed by atoms with Crippen LogP contribution in [0.4, 0.5) is 0 Å². The molecule has 0 bridgehead atoms. The third-order valence-corrected chi connectivity index (χ3v) is 6.86. The summed E-state index contributed by atoms with van der Waals surface area (Å²) >= 11 is 0. The normalized spacial score (nSPS) is 12.1. The molecule has 5 nitrogen and oxygen atoms in total. The number of nitrogens with zero attached hydrogens (tertiary/aromatic N) is 2. The van der Waals surface area contributed by atoms with E-state index in [0.717, 1.165) is 25.6 Å². The van der Waals surface area contributed by atoms with Gasteiger partial charge in [0.15, 0.2) is 6.54 Å². The minimum atomic E-state index is -2.45. The third-order valence-electron chi connectivity index (χ3n) is 4.03. The minimum Gasteiger partial charge on any atom is -0.377 e. The molecule has 0 saturated heterocycles. The lowest BCUT2D eigenvalue weighted by molar-refractivity contribution is -0.780. The van der Waals surface area contributed by atoms with Crippen LogP contribution in [0.15, 0.2) is 6.07 Å². The van der Waals surface area contributed by atoms with Gasteiger partial charge in [0, 0.05) is 46.8 Å². The molecule has 0 N–H and O–H groups in total. The van der Waals surface area contributed by atoms with Crippen LogP contribution in [0.1, 0.15) is 37.6 Å². The van der Waals surface area contributed by atoms with Gasteiger partial charge in [0.1, 0.15) is 0 Å². The fraction of sp³-hybridized carbons (Fsp3) is 0.800. The van der Waals surface area contributed by atoms with E-state index in [9.17, 15) is 0 Å². The monoisotopic (exact) mass is 315 g/mol. The highest BCUT2D eigenvalue weighted by atomic mass is 28.4. The Labute approximate surface area is 130 Å². The molecule has 0 atom stereocenters. The zero-order valence-corrected chi connectivity index (χ0v) is 15.4. The number of aromatic nitrogens is 2. The first-order valence-electron chi connectivity index (χ1n) is 7.75. The Morgan fingerprint density at radius 3 is 2.24 bits per heavy atom. The maximum absolute atomic E-state index is 5.48. The highest BCUT2D eigenvalue weighted by Gasteiger charge is 2.37. The molecular formula is C15H31N2O3Si+. The van der Waals surface area contributed by atoms with Crippen molar-refractivity contribution in [2.45, 2.75) is 59.2 Å². The van der Waals surface area contributed by atoms with Gasteiger partial charge < -0.3 is 13.3 Å². The Morgan fingerprint density at radius 1 is 1.10 bits per heavy atom. The Kier molecular flexibility index (Phi) is 7.59. The number of hydrogen-bond donors (Lipinski definition) is 0. The van der Waals surface area contributed by atoms with Gasteiger partial charge in [-0.3, -0.25) is 0 Å². The average Bonchev–Trinajstić information content (AvgIpc) is 2.76. The van der Waals surface area contributed by atoms with E-state index < -0.39 is 8.80 Å². The van der Waals surface area contributed by atoms with Gasteiger partial charge >= 0.3 is 8.80 Å². The summed E-state index contributed by atoms with van der Waals surface area (Å²) in [7, 11) is 2.57. The standard InChI is InChI=1S/C15H31N2O3Si/c1-7-8-10-16-14(2)13-15(3)17(16)11-9-12-21(18-4,19-5)20-6/h13H,7-12H2,1-6H3/q+1. The van der Waals surface area contributed by atoms with Crippen molar-refractivity contribution < 1.29 is 18.0 Å². The molecule has 21 heavy (non-hydrogen) atoms. The average molecular weight is 316 g/mol. The van der Waals surface area contributed by atoms with Gasteiger partial charge in [-0.2, -0.15) is 4.68 Å². The lowest BCUT2D eigenvalue weighted by Gasteiger charge is -2.23. The van der Waals surface area contributed by atoms with Crippen LogP contribution in [0.2, 0.25) is 6.04 Å². The van der Waals surface area contributed by atoms with Gasteiger partial charge in [-0.25, -0.2) is 0 Å². The van der Waals surface area contributed by atoms with Crippen molar-refractivity contribution in [3.8, 4) is 0 Å². The first-order chi connectivity index (χ1) is 10.0.